The van der Waals surface area contributed by atoms with Gasteiger partial charge in [-0.1, -0.05) is 33.8 Å². The van der Waals surface area contributed by atoms with Crippen LogP contribution in [0.1, 0.15) is 50.6 Å². The summed E-state index contributed by atoms with van der Waals surface area (Å²) in [7, 11) is 0. The zero-order valence-electron chi connectivity index (χ0n) is 13.6. The number of nitrogens with one attached hydrogen (secondary N) is 1. The van der Waals surface area contributed by atoms with E-state index in [0.717, 1.165) is 42.5 Å². The number of rotatable bonds is 6. The van der Waals surface area contributed by atoms with Gasteiger partial charge in [0.15, 0.2) is 11.6 Å². The zero-order chi connectivity index (χ0) is 15.4. The Hall–Kier alpha value is -1.75. The number of hydrogen-bond donors (Lipinski definition) is 1. The highest BCUT2D eigenvalue weighted by molar-refractivity contribution is 5.30. The molecule has 0 radical (unpaired) electrons. The molecular formula is C16H25N5. The van der Waals surface area contributed by atoms with Crippen molar-refractivity contribution in [1.29, 1.82) is 0 Å². The summed E-state index contributed by atoms with van der Waals surface area (Å²) < 4.78 is 1.87. The Balaban J connectivity index is 2.29. The predicted molar refractivity (Wildman–Crippen MR) is 84.6 cm³/mol. The van der Waals surface area contributed by atoms with Gasteiger partial charge in [0, 0.05) is 31.1 Å². The number of aryl methyl sites for hydroxylation is 3. The van der Waals surface area contributed by atoms with Gasteiger partial charge >= 0.3 is 0 Å². The second kappa shape index (κ2) is 6.80. The molecule has 0 saturated heterocycles. The first kappa shape index (κ1) is 15.6. The van der Waals surface area contributed by atoms with Crippen LogP contribution < -0.4 is 5.32 Å². The first-order valence-corrected chi connectivity index (χ1v) is 7.70. The van der Waals surface area contributed by atoms with Crippen LogP contribution >= 0.6 is 0 Å². The summed E-state index contributed by atoms with van der Waals surface area (Å²) >= 11 is 0. The van der Waals surface area contributed by atoms with E-state index >= 15 is 0 Å². The molecule has 5 nitrogen and oxygen atoms in total. The van der Waals surface area contributed by atoms with Crippen LogP contribution in [0.3, 0.4) is 0 Å². The molecule has 0 bridgehead atoms. The van der Waals surface area contributed by atoms with E-state index in [1.54, 1.807) is 0 Å². The van der Waals surface area contributed by atoms with E-state index in [9.17, 15) is 0 Å². The third kappa shape index (κ3) is 3.67. The number of pyridine rings is 1. The van der Waals surface area contributed by atoms with Gasteiger partial charge in [-0.2, -0.15) is 4.68 Å². The minimum absolute atomic E-state index is 0.471. The van der Waals surface area contributed by atoms with Crippen LogP contribution in [0.2, 0.25) is 0 Å². The molecule has 0 unspecified atom stereocenters. The zero-order valence-corrected chi connectivity index (χ0v) is 13.6. The highest BCUT2D eigenvalue weighted by Gasteiger charge is 2.11. The van der Waals surface area contributed by atoms with Crippen LogP contribution in [0.15, 0.2) is 12.1 Å². The molecule has 0 fully saturated rings. The number of aromatic nitrogens is 4. The maximum Gasteiger partial charge on any atom is 0.155 e. The standard InChI is InChI=1S/C16H25N5/c1-6-14-19-15(7-2)21(20-14)16-9-8-13(12(5)18-16)10-17-11(3)4/h8-9,11,17H,6-7,10H2,1-5H3. The lowest BCUT2D eigenvalue weighted by Gasteiger charge is -2.11. The highest BCUT2D eigenvalue weighted by atomic mass is 15.4. The van der Waals surface area contributed by atoms with Gasteiger partial charge in [0.05, 0.1) is 0 Å². The lowest BCUT2D eigenvalue weighted by Crippen LogP contribution is -2.22. The second-order valence-electron chi connectivity index (χ2n) is 5.51. The SMILES string of the molecule is CCc1nc(CC)n(-c2ccc(CNC(C)C)c(C)n2)n1. The largest absolute Gasteiger partial charge is 0.310 e. The smallest absolute Gasteiger partial charge is 0.155 e. The van der Waals surface area contributed by atoms with E-state index in [-0.39, 0.29) is 0 Å². The quantitative estimate of drug-likeness (QED) is 0.887. The Morgan fingerprint density at radius 2 is 1.90 bits per heavy atom. The van der Waals surface area contributed by atoms with Crippen LogP contribution in [0, 0.1) is 6.92 Å². The van der Waals surface area contributed by atoms with E-state index in [1.165, 1.54) is 5.56 Å². The minimum atomic E-state index is 0.471. The normalized spacial score (nSPS) is 11.3. The monoisotopic (exact) mass is 287 g/mol. The molecule has 0 aromatic carbocycles. The molecule has 0 atom stereocenters. The average Bonchev–Trinajstić information content (AvgIpc) is 2.89. The summed E-state index contributed by atoms with van der Waals surface area (Å²) in [4.78, 5) is 9.23. The van der Waals surface area contributed by atoms with E-state index in [2.05, 4.69) is 49.2 Å². The molecule has 5 heteroatoms. The summed E-state index contributed by atoms with van der Waals surface area (Å²) in [5, 5.41) is 7.97. The molecule has 0 spiro atoms. The fourth-order valence-corrected chi connectivity index (χ4v) is 2.15. The summed E-state index contributed by atoms with van der Waals surface area (Å²) in [6.45, 7) is 11.3. The maximum atomic E-state index is 4.70. The minimum Gasteiger partial charge on any atom is -0.310 e. The van der Waals surface area contributed by atoms with Crippen molar-refractivity contribution in [3.05, 3.63) is 35.0 Å². The molecule has 0 amide bonds. The Bertz CT molecular complexity index is 601. The van der Waals surface area contributed by atoms with Crippen molar-refractivity contribution in [3.8, 4) is 5.82 Å². The van der Waals surface area contributed by atoms with E-state index in [1.807, 2.05) is 17.7 Å². The number of nitrogens with zero attached hydrogens (tertiary/aromatic N) is 4. The van der Waals surface area contributed by atoms with Crippen molar-refractivity contribution in [1.82, 2.24) is 25.1 Å². The number of hydrogen-bond acceptors (Lipinski definition) is 4. The topological polar surface area (TPSA) is 55.6 Å². The lowest BCUT2D eigenvalue weighted by molar-refractivity contribution is 0.585. The highest BCUT2D eigenvalue weighted by Crippen LogP contribution is 2.13. The fraction of sp³-hybridized carbons (Fsp3) is 0.562. The van der Waals surface area contributed by atoms with Crippen molar-refractivity contribution < 1.29 is 0 Å². The van der Waals surface area contributed by atoms with Crippen molar-refractivity contribution in [3.63, 3.8) is 0 Å². The molecular weight excluding hydrogens is 262 g/mol. The van der Waals surface area contributed by atoms with E-state index in [4.69, 9.17) is 4.98 Å². The van der Waals surface area contributed by atoms with Crippen LogP contribution in [-0.2, 0) is 19.4 Å². The Morgan fingerprint density at radius 1 is 1.14 bits per heavy atom. The summed E-state index contributed by atoms with van der Waals surface area (Å²) in [6.07, 6.45) is 1.69. The summed E-state index contributed by atoms with van der Waals surface area (Å²) in [6, 6.07) is 4.62. The van der Waals surface area contributed by atoms with E-state index in [0.29, 0.717) is 6.04 Å². The van der Waals surface area contributed by atoms with Crippen LogP contribution in [-0.4, -0.2) is 25.8 Å². The molecule has 0 aliphatic heterocycles. The molecule has 21 heavy (non-hydrogen) atoms. The molecule has 2 rings (SSSR count). The third-order valence-corrected chi connectivity index (χ3v) is 3.45. The molecule has 0 aliphatic carbocycles. The van der Waals surface area contributed by atoms with Crippen LogP contribution in [0.4, 0.5) is 0 Å². The molecule has 2 aromatic heterocycles. The molecule has 0 aliphatic rings. The first-order chi connectivity index (χ1) is 10.0. The van der Waals surface area contributed by atoms with Gasteiger partial charge in [0.25, 0.3) is 0 Å². The van der Waals surface area contributed by atoms with Gasteiger partial charge in [-0.25, -0.2) is 9.97 Å². The Labute approximate surface area is 126 Å². The predicted octanol–water partition coefficient (Wildman–Crippen LogP) is 2.59. The van der Waals surface area contributed by atoms with Crippen molar-refractivity contribution in [2.24, 2.45) is 0 Å². The molecule has 2 heterocycles. The van der Waals surface area contributed by atoms with E-state index < -0.39 is 0 Å². The van der Waals surface area contributed by atoms with Crippen molar-refractivity contribution in [2.45, 2.75) is 60.0 Å². The van der Waals surface area contributed by atoms with Crippen LogP contribution in [0.25, 0.3) is 5.82 Å². The molecule has 1 N–H and O–H groups in total. The van der Waals surface area contributed by atoms with Gasteiger partial charge in [-0.3, -0.25) is 0 Å². The summed E-state index contributed by atoms with van der Waals surface area (Å²) in [5.74, 6) is 2.69. The van der Waals surface area contributed by atoms with Crippen molar-refractivity contribution in [2.75, 3.05) is 0 Å². The van der Waals surface area contributed by atoms with Gasteiger partial charge in [0.1, 0.15) is 5.82 Å². The second-order valence-corrected chi connectivity index (χ2v) is 5.51. The molecule has 114 valence electrons. The van der Waals surface area contributed by atoms with Gasteiger partial charge < -0.3 is 5.32 Å². The first-order valence-electron chi connectivity index (χ1n) is 7.70. The fourth-order valence-electron chi connectivity index (χ4n) is 2.15. The van der Waals surface area contributed by atoms with Gasteiger partial charge in [0.2, 0.25) is 0 Å². The maximum absolute atomic E-state index is 4.70. The third-order valence-electron chi connectivity index (χ3n) is 3.45. The molecule has 2 aromatic rings. The Kier molecular flexibility index (Phi) is 5.07. The average molecular weight is 287 g/mol. The lowest BCUT2D eigenvalue weighted by atomic mass is 10.2. The van der Waals surface area contributed by atoms with Gasteiger partial charge in [-0.15, -0.1) is 5.10 Å². The summed E-state index contributed by atoms with van der Waals surface area (Å²) in [5.41, 5.74) is 2.26. The van der Waals surface area contributed by atoms with Crippen LogP contribution in [0.5, 0.6) is 0 Å². The van der Waals surface area contributed by atoms with Crippen molar-refractivity contribution >= 4 is 0 Å². The Morgan fingerprint density at radius 3 is 2.48 bits per heavy atom. The van der Waals surface area contributed by atoms with Gasteiger partial charge in [-0.05, 0) is 18.6 Å². The molecule has 0 saturated carbocycles.